The third-order valence-corrected chi connectivity index (χ3v) is 4.86. The first kappa shape index (κ1) is 17.4. The Balaban J connectivity index is 1.65. The molecule has 3 heterocycles. The third-order valence-electron chi connectivity index (χ3n) is 4.86. The molecule has 27 heavy (non-hydrogen) atoms. The summed E-state index contributed by atoms with van der Waals surface area (Å²) < 4.78 is 44.9. The first-order chi connectivity index (χ1) is 12.8. The maximum Gasteiger partial charge on any atom is 0.433 e. The summed E-state index contributed by atoms with van der Waals surface area (Å²) in [5.41, 5.74) is 1.77. The molecule has 6 nitrogen and oxygen atoms in total. The van der Waals surface area contributed by atoms with Crippen LogP contribution in [-0.4, -0.2) is 39.2 Å². The van der Waals surface area contributed by atoms with Gasteiger partial charge in [-0.2, -0.15) is 18.3 Å². The molecule has 1 aliphatic rings. The number of alkyl halides is 3. The summed E-state index contributed by atoms with van der Waals surface area (Å²) in [6.45, 7) is 0.715. The number of hydrogen-bond acceptors (Lipinski definition) is 3. The summed E-state index contributed by atoms with van der Waals surface area (Å²) in [6, 6.07) is 6.45. The molecule has 1 amide bonds. The monoisotopic (exact) mass is 378 g/mol. The number of hydrogen-bond donors (Lipinski definition) is 1. The van der Waals surface area contributed by atoms with Gasteiger partial charge in [0.25, 0.3) is 5.91 Å². The fourth-order valence-corrected chi connectivity index (χ4v) is 3.49. The second-order valence-corrected chi connectivity index (χ2v) is 6.51. The van der Waals surface area contributed by atoms with Crippen LogP contribution in [0.2, 0.25) is 0 Å². The van der Waals surface area contributed by atoms with Crippen LogP contribution in [0.1, 0.15) is 27.4 Å². The van der Waals surface area contributed by atoms with Gasteiger partial charge in [-0.05, 0) is 18.2 Å². The standard InChI is InChI=1S/C18H17F3N4O2/c1-24-16(18(19,20)21)8-15(23-24)17(26)25-6-5-14-12(9-25)11-7-10(27-2)3-4-13(11)22-14/h3-4,7-8,22H,5-6,9H2,1-2H3. The molecule has 0 aliphatic carbocycles. The predicted molar refractivity (Wildman–Crippen MR) is 91.5 cm³/mol. The second-order valence-electron chi connectivity index (χ2n) is 6.51. The largest absolute Gasteiger partial charge is 0.497 e. The summed E-state index contributed by atoms with van der Waals surface area (Å²) in [4.78, 5) is 17.6. The van der Waals surface area contributed by atoms with Gasteiger partial charge in [0.2, 0.25) is 0 Å². The van der Waals surface area contributed by atoms with Crippen LogP contribution < -0.4 is 4.74 Å². The molecule has 1 aliphatic heterocycles. The summed E-state index contributed by atoms with van der Waals surface area (Å²) in [5, 5.41) is 4.71. The van der Waals surface area contributed by atoms with Crippen molar-refractivity contribution in [1.82, 2.24) is 19.7 Å². The van der Waals surface area contributed by atoms with Crippen molar-refractivity contribution in [2.24, 2.45) is 7.05 Å². The number of halogens is 3. The molecule has 9 heteroatoms. The smallest absolute Gasteiger partial charge is 0.433 e. The van der Waals surface area contributed by atoms with Gasteiger partial charge in [0.15, 0.2) is 5.69 Å². The highest BCUT2D eigenvalue weighted by Crippen LogP contribution is 2.32. The third kappa shape index (κ3) is 2.92. The van der Waals surface area contributed by atoms with E-state index >= 15 is 0 Å². The minimum Gasteiger partial charge on any atom is -0.497 e. The molecule has 4 rings (SSSR count). The topological polar surface area (TPSA) is 63.1 Å². The van der Waals surface area contributed by atoms with Crippen molar-refractivity contribution in [3.8, 4) is 5.75 Å². The lowest BCUT2D eigenvalue weighted by Crippen LogP contribution is -2.36. The number of aromatic nitrogens is 3. The van der Waals surface area contributed by atoms with E-state index in [-0.39, 0.29) is 5.69 Å². The Morgan fingerprint density at radius 1 is 1.30 bits per heavy atom. The zero-order valence-corrected chi connectivity index (χ0v) is 14.7. The molecule has 142 valence electrons. The molecule has 0 unspecified atom stereocenters. The molecule has 0 radical (unpaired) electrons. The summed E-state index contributed by atoms with van der Waals surface area (Å²) >= 11 is 0. The van der Waals surface area contributed by atoms with Gasteiger partial charge in [-0.15, -0.1) is 0 Å². The number of carbonyl (C=O) groups excluding carboxylic acids is 1. The van der Waals surface area contributed by atoms with E-state index in [0.29, 0.717) is 29.9 Å². The number of nitrogens with zero attached hydrogens (tertiary/aromatic N) is 3. The van der Waals surface area contributed by atoms with E-state index in [2.05, 4.69) is 10.1 Å². The Labute approximate surface area is 152 Å². The molecule has 0 atom stereocenters. The van der Waals surface area contributed by atoms with Gasteiger partial charge in [0.05, 0.1) is 7.11 Å². The zero-order valence-electron chi connectivity index (χ0n) is 14.7. The van der Waals surface area contributed by atoms with Gasteiger partial charge >= 0.3 is 6.18 Å². The minimum absolute atomic E-state index is 0.203. The van der Waals surface area contributed by atoms with E-state index in [0.717, 1.165) is 28.2 Å². The van der Waals surface area contributed by atoms with Crippen LogP contribution in [0.3, 0.4) is 0 Å². The Morgan fingerprint density at radius 3 is 2.74 bits per heavy atom. The summed E-state index contributed by atoms with van der Waals surface area (Å²) in [5.74, 6) is 0.191. The van der Waals surface area contributed by atoms with Crippen molar-refractivity contribution in [2.45, 2.75) is 19.1 Å². The number of H-pyrrole nitrogens is 1. The Hall–Kier alpha value is -2.97. The van der Waals surface area contributed by atoms with Crippen molar-refractivity contribution in [3.63, 3.8) is 0 Å². The van der Waals surface area contributed by atoms with Gasteiger partial charge < -0.3 is 14.6 Å². The normalized spacial score (nSPS) is 14.5. The van der Waals surface area contributed by atoms with E-state index in [1.54, 1.807) is 7.11 Å². The lowest BCUT2D eigenvalue weighted by atomic mass is 10.0. The van der Waals surface area contributed by atoms with E-state index in [9.17, 15) is 18.0 Å². The number of aryl methyl sites for hydroxylation is 1. The number of ether oxygens (including phenoxy) is 1. The Kier molecular flexibility index (Phi) is 3.90. The molecule has 0 spiro atoms. The van der Waals surface area contributed by atoms with Crippen molar-refractivity contribution >= 4 is 16.8 Å². The van der Waals surface area contributed by atoms with Gasteiger partial charge in [-0.25, -0.2) is 0 Å². The van der Waals surface area contributed by atoms with Crippen LogP contribution in [0, 0.1) is 0 Å². The number of rotatable bonds is 2. The zero-order chi connectivity index (χ0) is 19.3. The van der Waals surface area contributed by atoms with Gasteiger partial charge in [0, 0.05) is 54.8 Å². The fraction of sp³-hybridized carbons (Fsp3) is 0.333. The number of nitrogens with one attached hydrogen (secondary N) is 1. The van der Waals surface area contributed by atoms with E-state index in [1.807, 2.05) is 18.2 Å². The van der Waals surface area contributed by atoms with Crippen LogP contribution >= 0.6 is 0 Å². The van der Waals surface area contributed by atoms with Gasteiger partial charge in [-0.1, -0.05) is 0 Å². The van der Waals surface area contributed by atoms with Gasteiger partial charge in [-0.3, -0.25) is 9.48 Å². The molecule has 1 aromatic carbocycles. The van der Waals surface area contributed by atoms with Crippen LogP contribution in [-0.2, 0) is 26.2 Å². The quantitative estimate of drug-likeness (QED) is 0.745. The number of benzene rings is 1. The van der Waals surface area contributed by atoms with E-state index < -0.39 is 17.8 Å². The van der Waals surface area contributed by atoms with Gasteiger partial charge in [0.1, 0.15) is 11.4 Å². The molecule has 0 saturated carbocycles. The van der Waals surface area contributed by atoms with Crippen molar-refractivity contribution in [1.29, 1.82) is 0 Å². The predicted octanol–water partition coefficient (Wildman–Crippen LogP) is 3.13. The number of fused-ring (bicyclic) bond motifs is 3. The first-order valence-electron chi connectivity index (χ1n) is 8.36. The molecular formula is C18H17F3N4O2. The highest BCUT2D eigenvalue weighted by atomic mass is 19.4. The number of methoxy groups -OCH3 is 1. The molecule has 1 N–H and O–H groups in total. The SMILES string of the molecule is COc1ccc2[nH]c3c(c2c1)CN(C(=O)c1cc(C(F)(F)F)n(C)n1)CC3. The molecule has 0 fully saturated rings. The molecule has 2 aromatic heterocycles. The summed E-state index contributed by atoms with van der Waals surface area (Å²) in [6.07, 6.45) is -3.96. The lowest BCUT2D eigenvalue weighted by Gasteiger charge is -2.26. The van der Waals surface area contributed by atoms with Crippen LogP contribution in [0.25, 0.3) is 10.9 Å². The minimum atomic E-state index is -4.55. The number of aromatic amines is 1. The maximum absolute atomic E-state index is 13.0. The summed E-state index contributed by atoms with van der Waals surface area (Å²) in [7, 11) is 2.76. The average Bonchev–Trinajstić information content (AvgIpc) is 3.20. The molecule has 3 aromatic rings. The highest BCUT2D eigenvalue weighted by molar-refractivity contribution is 5.93. The van der Waals surface area contributed by atoms with Crippen molar-refractivity contribution in [3.05, 3.63) is 46.9 Å². The number of amides is 1. The van der Waals surface area contributed by atoms with Crippen molar-refractivity contribution < 1.29 is 22.7 Å². The maximum atomic E-state index is 13.0. The van der Waals surface area contributed by atoms with Crippen LogP contribution in [0.15, 0.2) is 24.3 Å². The second kappa shape index (κ2) is 6.04. The Morgan fingerprint density at radius 2 is 2.07 bits per heavy atom. The number of carbonyl (C=O) groups is 1. The van der Waals surface area contributed by atoms with Crippen molar-refractivity contribution in [2.75, 3.05) is 13.7 Å². The Bertz CT molecular complexity index is 1040. The molecule has 0 saturated heterocycles. The average molecular weight is 378 g/mol. The van der Waals surface area contributed by atoms with Crippen LogP contribution in [0.5, 0.6) is 5.75 Å². The van der Waals surface area contributed by atoms with Crippen LogP contribution in [0.4, 0.5) is 13.2 Å². The van der Waals surface area contributed by atoms with E-state index in [4.69, 9.17) is 4.74 Å². The molecule has 0 bridgehead atoms. The van der Waals surface area contributed by atoms with E-state index in [1.165, 1.54) is 11.9 Å². The molecular weight excluding hydrogens is 361 g/mol. The first-order valence-corrected chi connectivity index (χ1v) is 8.36. The lowest BCUT2D eigenvalue weighted by molar-refractivity contribution is -0.143. The highest BCUT2D eigenvalue weighted by Gasteiger charge is 2.36. The fourth-order valence-electron chi connectivity index (χ4n) is 3.49.